The van der Waals surface area contributed by atoms with Gasteiger partial charge in [0.15, 0.2) is 12.7 Å². The molecule has 3 rings (SSSR count). The van der Waals surface area contributed by atoms with Crippen molar-refractivity contribution in [1.29, 1.82) is 0 Å². The average Bonchev–Trinajstić information content (AvgIpc) is 2.79. The summed E-state index contributed by atoms with van der Waals surface area (Å²) in [5, 5.41) is 0. The van der Waals surface area contributed by atoms with Crippen LogP contribution in [0, 0.1) is 13.8 Å². The predicted molar refractivity (Wildman–Crippen MR) is 120 cm³/mol. The summed E-state index contributed by atoms with van der Waals surface area (Å²) < 4.78 is 11.4. The molecule has 6 heteroatoms. The third-order valence-electron chi connectivity index (χ3n) is 4.67. The molecule has 0 saturated heterocycles. The predicted octanol–water partition coefficient (Wildman–Crippen LogP) is 3.96. The molecule has 0 bridgehead atoms. The Hall–Kier alpha value is -3.80. The van der Waals surface area contributed by atoms with Crippen LogP contribution in [0.1, 0.15) is 18.1 Å². The Morgan fingerprint density at radius 3 is 2.35 bits per heavy atom. The van der Waals surface area contributed by atoms with E-state index in [0.717, 1.165) is 22.3 Å². The zero-order valence-corrected chi connectivity index (χ0v) is 17.8. The van der Waals surface area contributed by atoms with Crippen LogP contribution in [0.2, 0.25) is 0 Å². The maximum absolute atomic E-state index is 12.3. The molecule has 1 atom stereocenters. The number of para-hydroxylation sites is 1. The fraction of sp³-hybridized carbons (Fsp3) is 0.200. The van der Waals surface area contributed by atoms with Crippen LogP contribution in [0.3, 0.4) is 0 Å². The highest BCUT2D eigenvalue weighted by atomic mass is 16.5. The molecule has 160 valence electrons. The number of carbonyl (C=O) groups is 2. The molecular weight excluding hydrogens is 392 g/mol. The quantitative estimate of drug-likeness (QED) is 0.570. The highest BCUT2D eigenvalue weighted by molar-refractivity contribution is 5.85. The summed E-state index contributed by atoms with van der Waals surface area (Å²) in [7, 11) is 0. The van der Waals surface area contributed by atoms with Crippen LogP contribution in [0.25, 0.3) is 11.1 Å². The van der Waals surface area contributed by atoms with Crippen LogP contribution in [0.4, 0.5) is 0 Å². The number of hydrogen-bond donors (Lipinski definition) is 2. The van der Waals surface area contributed by atoms with Crippen molar-refractivity contribution >= 4 is 11.8 Å². The second kappa shape index (κ2) is 10.3. The summed E-state index contributed by atoms with van der Waals surface area (Å²) in [5.41, 5.74) is 8.58. The number of ether oxygens (including phenoxy) is 2. The van der Waals surface area contributed by atoms with E-state index in [9.17, 15) is 9.59 Å². The standard InChI is InChI=1S/C25H26N2O4/c1-17-13-14-18(2)23(15-17)31-19(3)25(29)27-26-24(28)16-30-22-12-8-7-11-21(22)20-9-5-4-6-10-20/h4-15,19H,16H2,1-3H3,(H,26,28)(H,27,29). The molecule has 31 heavy (non-hydrogen) atoms. The van der Waals surface area contributed by atoms with E-state index in [0.29, 0.717) is 11.5 Å². The number of nitrogens with one attached hydrogen (secondary N) is 2. The van der Waals surface area contributed by atoms with Gasteiger partial charge in [-0.15, -0.1) is 0 Å². The van der Waals surface area contributed by atoms with E-state index >= 15 is 0 Å². The lowest BCUT2D eigenvalue weighted by atomic mass is 10.1. The molecule has 3 aromatic carbocycles. The molecule has 0 aliphatic rings. The smallest absolute Gasteiger partial charge is 0.279 e. The molecule has 0 radical (unpaired) electrons. The Morgan fingerprint density at radius 2 is 1.58 bits per heavy atom. The van der Waals surface area contributed by atoms with Crippen molar-refractivity contribution in [3.8, 4) is 22.6 Å². The zero-order valence-electron chi connectivity index (χ0n) is 17.8. The summed E-state index contributed by atoms with van der Waals surface area (Å²) in [6.07, 6.45) is -0.777. The summed E-state index contributed by atoms with van der Waals surface area (Å²) in [4.78, 5) is 24.4. The number of rotatable bonds is 7. The first kappa shape index (κ1) is 21.9. The zero-order chi connectivity index (χ0) is 22.2. The van der Waals surface area contributed by atoms with E-state index in [2.05, 4.69) is 10.9 Å². The Labute approximate surface area is 182 Å². The highest BCUT2D eigenvalue weighted by Gasteiger charge is 2.17. The van der Waals surface area contributed by atoms with Crippen molar-refractivity contribution in [3.63, 3.8) is 0 Å². The van der Waals surface area contributed by atoms with E-state index in [1.54, 1.807) is 13.0 Å². The summed E-state index contributed by atoms with van der Waals surface area (Å²) >= 11 is 0. The van der Waals surface area contributed by atoms with Gasteiger partial charge in [0.2, 0.25) is 0 Å². The monoisotopic (exact) mass is 418 g/mol. The molecule has 0 heterocycles. The first-order chi connectivity index (χ1) is 14.9. The molecular formula is C25H26N2O4. The molecule has 0 aliphatic heterocycles. The SMILES string of the molecule is Cc1ccc(C)c(OC(C)C(=O)NNC(=O)COc2ccccc2-c2ccccc2)c1. The molecule has 3 aromatic rings. The van der Waals surface area contributed by atoms with Crippen molar-refractivity contribution < 1.29 is 19.1 Å². The van der Waals surface area contributed by atoms with Gasteiger partial charge in [-0.3, -0.25) is 20.4 Å². The molecule has 0 fully saturated rings. The minimum absolute atomic E-state index is 0.240. The van der Waals surface area contributed by atoms with Gasteiger partial charge >= 0.3 is 0 Å². The van der Waals surface area contributed by atoms with Crippen LogP contribution < -0.4 is 20.3 Å². The normalized spacial score (nSPS) is 11.3. The first-order valence-corrected chi connectivity index (χ1v) is 10.0. The van der Waals surface area contributed by atoms with Crippen LogP contribution >= 0.6 is 0 Å². The maximum Gasteiger partial charge on any atom is 0.279 e. The van der Waals surface area contributed by atoms with Gasteiger partial charge in [-0.25, -0.2) is 0 Å². The third-order valence-corrected chi connectivity index (χ3v) is 4.67. The molecule has 0 aromatic heterocycles. The molecule has 1 unspecified atom stereocenters. The fourth-order valence-electron chi connectivity index (χ4n) is 2.94. The Bertz CT molecular complexity index is 1050. The number of carbonyl (C=O) groups excluding carboxylic acids is 2. The van der Waals surface area contributed by atoms with E-state index in [-0.39, 0.29) is 6.61 Å². The average molecular weight is 418 g/mol. The minimum atomic E-state index is -0.777. The largest absolute Gasteiger partial charge is 0.483 e. The van der Waals surface area contributed by atoms with E-state index < -0.39 is 17.9 Å². The Morgan fingerprint density at radius 1 is 0.871 bits per heavy atom. The van der Waals surface area contributed by atoms with Crippen LogP contribution in [-0.2, 0) is 9.59 Å². The van der Waals surface area contributed by atoms with Crippen LogP contribution in [-0.4, -0.2) is 24.5 Å². The van der Waals surface area contributed by atoms with Crippen molar-refractivity contribution in [3.05, 3.63) is 83.9 Å². The fourth-order valence-corrected chi connectivity index (χ4v) is 2.94. The highest BCUT2D eigenvalue weighted by Crippen LogP contribution is 2.29. The van der Waals surface area contributed by atoms with Crippen LogP contribution in [0.5, 0.6) is 11.5 Å². The van der Waals surface area contributed by atoms with Gasteiger partial charge in [0.1, 0.15) is 11.5 Å². The number of hydrazine groups is 1. The van der Waals surface area contributed by atoms with Gasteiger partial charge in [-0.1, -0.05) is 60.7 Å². The number of hydrogen-bond acceptors (Lipinski definition) is 4. The third kappa shape index (κ3) is 6.09. The van der Waals surface area contributed by atoms with Gasteiger partial charge < -0.3 is 9.47 Å². The van der Waals surface area contributed by atoms with Crippen LogP contribution in [0.15, 0.2) is 72.8 Å². The van der Waals surface area contributed by atoms with Gasteiger partial charge in [0.05, 0.1) is 0 Å². The second-order valence-electron chi connectivity index (χ2n) is 7.22. The number of aryl methyl sites for hydroxylation is 2. The van der Waals surface area contributed by atoms with Crippen molar-refractivity contribution in [2.45, 2.75) is 26.9 Å². The van der Waals surface area contributed by atoms with Gasteiger partial charge in [0.25, 0.3) is 11.8 Å². The van der Waals surface area contributed by atoms with Crippen molar-refractivity contribution in [2.24, 2.45) is 0 Å². The number of benzene rings is 3. The lowest BCUT2D eigenvalue weighted by Crippen LogP contribution is -2.48. The van der Waals surface area contributed by atoms with E-state index in [1.165, 1.54) is 0 Å². The molecule has 2 amide bonds. The molecule has 0 aliphatic carbocycles. The van der Waals surface area contributed by atoms with Crippen molar-refractivity contribution in [2.75, 3.05) is 6.61 Å². The minimum Gasteiger partial charge on any atom is -0.483 e. The Balaban J connectivity index is 1.51. The second-order valence-corrected chi connectivity index (χ2v) is 7.22. The summed E-state index contributed by atoms with van der Waals surface area (Å²) in [5.74, 6) is 0.283. The van der Waals surface area contributed by atoms with Gasteiger partial charge in [-0.05, 0) is 49.6 Å². The first-order valence-electron chi connectivity index (χ1n) is 10.0. The molecule has 0 spiro atoms. The summed E-state index contributed by atoms with van der Waals surface area (Å²) in [6, 6.07) is 23.0. The molecule has 2 N–H and O–H groups in total. The molecule has 6 nitrogen and oxygen atoms in total. The Kier molecular flexibility index (Phi) is 7.27. The van der Waals surface area contributed by atoms with Crippen molar-refractivity contribution in [1.82, 2.24) is 10.9 Å². The summed E-state index contributed by atoms with van der Waals surface area (Å²) in [6.45, 7) is 5.24. The topological polar surface area (TPSA) is 76.7 Å². The van der Waals surface area contributed by atoms with Gasteiger partial charge in [0, 0.05) is 5.56 Å². The number of amides is 2. The lowest BCUT2D eigenvalue weighted by molar-refractivity contribution is -0.133. The van der Waals surface area contributed by atoms with Gasteiger partial charge in [-0.2, -0.15) is 0 Å². The van der Waals surface area contributed by atoms with E-state index in [4.69, 9.17) is 9.47 Å². The molecule has 0 saturated carbocycles. The van der Waals surface area contributed by atoms with E-state index in [1.807, 2.05) is 80.6 Å². The lowest BCUT2D eigenvalue weighted by Gasteiger charge is -2.17. The maximum atomic E-state index is 12.3.